The van der Waals surface area contributed by atoms with Gasteiger partial charge in [0.2, 0.25) is 0 Å². The van der Waals surface area contributed by atoms with Gasteiger partial charge in [-0.25, -0.2) is 0 Å². The molecule has 1 unspecified atom stereocenters. The van der Waals surface area contributed by atoms with Crippen molar-refractivity contribution in [3.05, 3.63) is 46.7 Å². The Bertz CT molecular complexity index is 565. The molecule has 0 saturated carbocycles. The Hall–Kier alpha value is -1.52. The minimum Gasteiger partial charge on any atom is -0.493 e. The first-order valence-corrected chi connectivity index (χ1v) is 7.57. The average molecular weight is 308 g/mol. The van der Waals surface area contributed by atoms with E-state index in [1.54, 1.807) is 13.3 Å². The van der Waals surface area contributed by atoms with Crippen LogP contribution in [0.4, 0.5) is 0 Å². The van der Waals surface area contributed by atoms with Crippen LogP contribution in [0.25, 0.3) is 0 Å². The fourth-order valence-corrected chi connectivity index (χ4v) is 2.55. The average Bonchev–Trinajstić information content (AvgIpc) is 2.86. The van der Waals surface area contributed by atoms with E-state index < -0.39 is 0 Å². The van der Waals surface area contributed by atoms with Crippen LogP contribution in [-0.4, -0.2) is 23.4 Å². The topological polar surface area (TPSA) is 39.1 Å². The van der Waals surface area contributed by atoms with Gasteiger partial charge in [-0.05, 0) is 37.1 Å². The summed E-state index contributed by atoms with van der Waals surface area (Å²) in [7, 11) is 3.63. The van der Waals surface area contributed by atoms with E-state index in [-0.39, 0.29) is 6.04 Å². The van der Waals surface area contributed by atoms with Gasteiger partial charge in [0.25, 0.3) is 0 Å². The summed E-state index contributed by atoms with van der Waals surface area (Å²) in [5, 5.41) is 8.64. The SMILES string of the molecule is CCCNC(Cc1ccc(Cl)cc1)c1c(OC)cnn1C. The molecule has 1 aromatic heterocycles. The van der Waals surface area contributed by atoms with E-state index in [0.717, 1.165) is 35.9 Å². The highest BCUT2D eigenvalue weighted by Gasteiger charge is 2.20. The predicted octanol–water partition coefficient (Wildman–Crippen LogP) is 3.37. The molecule has 1 heterocycles. The van der Waals surface area contributed by atoms with E-state index >= 15 is 0 Å². The first kappa shape index (κ1) is 15.9. The zero-order chi connectivity index (χ0) is 15.2. The summed E-state index contributed by atoms with van der Waals surface area (Å²) in [6.07, 6.45) is 3.71. The lowest BCUT2D eigenvalue weighted by Gasteiger charge is -2.20. The second-order valence-corrected chi connectivity index (χ2v) is 5.50. The van der Waals surface area contributed by atoms with Crippen molar-refractivity contribution in [3.63, 3.8) is 0 Å². The van der Waals surface area contributed by atoms with E-state index in [9.17, 15) is 0 Å². The molecule has 21 heavy (non-hydrogen) atoms. The first-order chi connectivity index (χ1) is 10.2. The lowest BCUT2D eigenvalue weighted by molar-refractivity contribution is 0.392. The number of hydrogen-bond acceptors (Lipinski definition) is 3. The lowest BCUT2D eigenvalue weighted by atomic mass is 10.0. The van der Waals surface area contributed by atoms with Gasteiger partial charge in [0.1, 0.15) is 0 Å². The predicted molar refractivity (Wildman–Crippen MR) is 86.0 cm³/mol. The van der Waals surface area contributed by atoms with Crippen LogP contribution in [0.15, 0.2) is 30.5 Å². The summed E-state index contributed by atoms with van der Waals surface area (Å²) in [5.74, 6) is 0.820. The Morgan fingerprint density at radius 3 is 2.67 bits per heavy atom. The van der Waals surface area contributed by atoms with Gasteiger partial charge in [-0.1, -0.05) is 30.7 Å². The number of methoxy groups -OCH3 is 1. The van der Waals surface area contributed by atoms with E-state index in [0.29, 0.717) is 0 Å². The van der Waals surface area contributed by atoms with E-state index in [4.69, 9.17) is 16.3 Å². The molecule has 0 bridgehead atoms. The zero-order valence-electron chi connectivity index (χ0n) is 12.8. The number of halogens is 1. The van der Waals surface area contributed by atoms with Crippen LogP contribution in [0.5, 0.6) is 5.75 Å². The molecule has 0 aliphatic rings. The minimum atomic E-state index is 0.161. The van der Waals surface area contributed by atoms with E-state index in [1.165, 1.54) is 5.56 Å². The van der Waals surface area contributed by atoms with Crippen molar-refractivity contribution >= 4 is 11.6 Å². The number of benzene rings is 1. The summed E-state index contributed by atoms with van der Waals surface area (Å²) < 4.78 is 7.32. The summed E-state index contributed by atoms with van der Waals surface area (Å²) in [6, 6.07) is 8.13. The van der Waals surface area contributed by atoms with Crippen molar-refractivity contribution in [1.29, 1.82) is 0 Å². The van der Waals surface area contributed by atoms with Crippen LogP contribution >= 0.6 is 11.6 Å². The van der Waals surface area contributed by atoms with Crippen LogP contribution < -0.4 is 10.1 Å². The number of aromatic nitrogens is 2. The molecule has 4 nitrogen and oxygen atoms in total. The highest BCUT2D eigenvalue weighted by molar-refractivity contribution is 6.30. The van der Waals surface area contributed by atoms with Crippen molar-refractivity contribution in [2.75, 3.05) is 13.7 Å². The standard InChI is InChI=1S/C16H22ClN3O/c1-4-9-18-14(10-12-5-7-13(17)8-6-12)16-15(21-3)11-19-20(16)2/h5-8,11,14,18H,4,9-10H2,1-3H3. The van der Waals surface area contributed by atoms with Crippen LogP contribution in [0.2, 0.25) is 5.02 Å². The monoisotopic (exact) mass is 307 g/mol. The maximum Gasteiger partial charge on any atom is 0.161 e. The summed E-state index contributed by atoms with van der Waals surface area (Å²) in [4.78, 5) is 0. The van der Waals surface area contributed by atoms with Gasteiger partial charge in [-0.3, -0.25) is 4.68 Å². The first-order valence-electron chi connectivity index (χ1n) is 7.19. The lowest BCUT2D eigenvalue weighted by Crippen LogP contribution is -2.26. The third kappa shape index (κ3) is 3.99. The Labute approximate surface area is 131 Å². The molecule has 0 fully saturated rings. The maximum absolute atomic E-state index is 5.95. The van der Waals surface area contributed by atoms with Gasteiger partial charge >= 0.3 is 0 Å². The Morgan fingerprint density at radius 1 is 1.33 bits per heavy atom. The molecule has 2 aromatic rings. The molecule has 1 atom stereocenters. The molecule has 0 aliphatic heterocycles. The molecule has 0 spiro atoms. The van der Waals surface area contributed by atoms with Gasteiger partial charge in [-0.2, -0.15) is 5.10 Å². The minimum absolute atomic E-state index is 0.161. The number of rotatable bonds is 7. The molecule has 5 heteroatoms. The molecule has 0 saturated heterocycles. The molecule has 0 amide bonds. The zero-order valence-corrected chi connectivity index (χ0v) is 13.5. The molecule has 1 aromatic carbocycles. The van der Waals surface area contributed by atoms with Crippen molar-refractivity contribution < 1.29 is 4.74 Å². The largest absolute Gasteiger partial charge is 0.493 e. The fraction of sp³-hybridized carbons (Fsp3) is 0.438. The Morgan fingerprint density at radius 2 is 2.05 bits per heavy atom. The second-order valence-electron chi connectivity index (χ2n) is 5.06. The molecule has 1 N–H and O–H groups in total. The van der Waals surface area contributed by atoms with Crippen LogP contribution in [0.3, 0.4) is 0 Å². The van der Waals surface area contributed by atoms with Crippen molar-refractivity contribution in [1.82, 2.24) is 15.1 Å². The smallest absolute Gasteiger partial charge is 0.161 e. The molecule has 114 valence electrons. The summed E-state index contributed by atoms with van der Waals surface area (Å²) in [6.45, 7) is 3.11. The third-order valence-corrected chi connectivity index (χ3v) is 3.75. The highest BCUT2D eigenvalue weighted by Crippen LogP contribution is 2.27. The van der Waals surface area contributed by atoms with Gasteiger partial charge in [0.05, 0.1) is 25.0 Å². The summed E-state index contributed by atoms with van der Waals surface area (Å²) in [5.41, 5.74) is 2.30. The molecule has 2 rings (SSSR count). The van der Waals surface area contributed by atoms with E-state index in [1.807, 2.05) is 23.9 Å². The normalized spacial score (nSPS) is 12.4. The second kappa shape index (κ2) is 7.48. The van der Waals surface area contributed by atoms with E-state index in [2.05, 4.69) is 29.5 Å². The van der Waals surface area contributed by atoms with Gasteiger partial charge in [0, 0.05) is 12.1 Å². The maximum atomic E-state index is 5.95. The van der Waals surface area contributed by atoms with Crippen molar-refractivity contribution in [2.24, 2.45) is 7.05 Å². The molecular formula is C16H22ClN3O. The third-order valence-electron chi connectivity index (χ3n) is 3.49. The van der Waals surface area contributed by atoms with Crippen molar-refractivity contribution in [2.45, 2.75) is 25.8 Å². The fourth-order valence-electron chi connectivity index (χ4n) is 2.42. The molecule has 0 radical (unpaired) electrons. The van der Waals surface area contributed by atoms with Crippen LogP contribution in [-0.2, 0) is 13.5 Å². The van der Waals surface area contributed by atoms with Crippen LogP contribution in [0.1, 0.15) is 30.6 Å². The number of nitrogens with one attached hydrogen (secondary N) is 1. The number of hydrogen-bond donors (Lipinski definition) is 1. The van der Waals surface area contributed by atoms with Gasteiger partial charge in [-0.15, -0.1) is 0 Å². The van der Waals surface area contributed by atoms with Gasteiger partial charge in [0.15, 0.2) is 5.75 Å². The summed E-state index contributed by atoms with van der Waals surface area (Å²) >= 11 is 5.95. The Kier molecular flexibility index (Phi) is 5.65. The highest BCUT2D eigenvalue weighted by atomic mass is 35.5. The number of aryl methyl sites for hydroxylation is 1. The quantitative estimate of drug-likeness (QED) is 0.852. The molecular weight excluding hydrogens is 286 g/mol. The van der Waals surface area contributed by atoms with Crippen LogP contribution in [0, 0.1) is 0 Å². The Balaban J connectivity index is 2.25. The molecule has 0 aliphatic carbocycles. The number of ether oxygens (including phenoxy) is 1. The van der Waals surface area contributed by atoms with Gasteiger partial charge < -0.3 is 10.1 Å². The number of nitrogens with zero attached hydrogens (tertiary/aromatic N) is 2. The van der Waals surface area contributed by atoms with Crippen molar-refractivity contribution in [3.8, 4) is 5.75 Å².